The highest BCUT2D eigenvalue weighted by Gasteiger charge is 2.48. The molecule has 0 aliphatic heterocycles. The van der Waals surface area contributed by atoms with Gasteiger partial charge in [0.15, 0.2) is 0 Å². The summed E-state index contributed by atoms with van der Waals surface area (Å²) >= 11 is 2.16. The monoisotopic (exact) mass is 380 g/mol. The first-order chi connectivity index (χ1) is 7.76. The fourth-order valence-electron chi connectivity index (χ4n) is 0.995. The summed E-state index contributed by atoms with van der Waals surface area (Å²) in [6.45, 7) is 0. The third kappa shape index (κ3) is 4.02. The zero-order chi connectivity index (χ0) is 13.1. The van der Waals surface area contributed by atoms with E-state index in [2.05, 4.69) is 26.8 Å². The van der Waals surface area contributed by atoms with E-state index in [0.717, 1.165) is 16.4 Å². The molecule has 0 saturated heterocycles. The van der Waals surface area contributed by atoms with E-state index in [1.807, 2.05) is 0 Å². The largest absolute Gasteiger partial charge is 0.534 e. The highest BCUT2D eigenvalue weighted by molar-refractivity contribution is 14.1. The highest BCUT2D eigenvalue weighted by atomic mass is 127. The molecule has 0 atom stereocenters. The number of aryl methyl sites for hydroxylation is 1. The molecule has 1 aromatic carbocycles. The SMILES string of the molecule is O=S(=O)(Oc1ccc(CCI)cc1)C(F)(F)F. The van der Waals surface area contributed by atoms with Crippen molar-refractivity contribution in [3.8, 4) is 5.75 Å². The van der Waals surface area contributed by atoms with Crippen molar-refractivity contribution in [2.75, 3.05) is 4.43 Å². The minimum Gasteiger partial charge on any atom is -0.376 e. The quantitative estimate of drug-likeness (QED) is 0.349. The van der Waals surface area contributed by atoms with Gasteiger partial charge in [-0.3, -0.25) is 0 Å². The van der Waals surface area contributed by atoms with Crippen molar-refractivity contribution < 1.29 is 25.8 Å². The lowest BCUT2D eigenvalue weighted by molar-refractivity contribution is -0.0500. The van der Waals surface area contributed by atoms with Crippen molar-refractivity contribution >= 4 is 32.7 Å². The van der Waals surface area contributed by atoms with E-state index in [1.54, 1.807) is 0 Å². The maximum Gasteiger partial charge on any atom is 0.534 e. The Hall–Kier alpha value is -0.510. The van der Waals surface area contributed by atoms with Crippen LogP contribution in [0.1, 0.15) is 5.56 Å². The first-order valence-corrected chi connectivity index (χ1v) is 7.35. The highest BCUT2D eigenvalue weighted by Crippen LogP contribution is 2.26. The van der Waals surface area contributed by atoms with Crippen LogP contribution in [0.15, 0.2) is 24.3 Å². The van der Waals surface area contributed by atoms with Crippen molar-refractivity contribution in [2.45, 2.75) is 11.9 Å². The normalized spacial score (nSPS) is 12.5. The van der Waals surface area contributed by atoms with Crippen LogP contribution < -0.4 is 4.18 Å². The summed E-state index contributed by atoms with van der Waals surface area (Å²) < 4.78 is 62.2. The molecule has 3 nitrogen and oxygen atoms in total. The van der Waals surface area contributed by atoms with Crippen molar-refractivity contribution in [3.63, 3.8) is 0 Å². The van der Waals surface area contributed by atoms with Crippen molar-refractivity contribution in [1.82, 2.24) is 0 Å². The molecule has 0 bridgehead atoms. The van der Waals surface area contributed by atoms with E-state index in [-0.39, 0.29) is 5.75 Å². The molecule has 17 heavy (non-hydrogen) atoms. The summed E-state index contributed by atoms with van der Waals surface area (Å²) in [5, 5.41) is 0. The summed E-state index contributed by atoms with van der Waals surface area (Å²) in [6.07, 6.45) is 0.757. The van der Waals surface area contributed by atoms with Gasteiger partial charge in [0.2, 0.25) is 0 Å². The molecule has 0 N–H and O–H groups in total. The lowest BCUT2D eigenvalue weighted by Gasteiger charge is -2.09. The van der Waals surface area contributed by atoms with Gasteiger partial charge in [-0.1, -0.05) is 34.7 Å². The topological polar surface area (TPSA) is 43.4 Å². The van der Waals surface area contributed by atoms with Gasteiger partial charge in [-0.05, 0) is 24.1 Å². The van der Waals surface area contributed by atoms with Gasteiger partial charge in [-0.15, -0.1) is 0 Å². The van der Waals surface area contributed by atoms with Crippen LogP contribution in [0.5, 0.6) is 5.75 Å². The Bertz CT molecular complexity index is 467. The van der Waals surface area contributed by atoms with Crippen LogP contribution in [0.4, 0.5) is 13.2 Å². The molecular weight excluding hydrogens is 372 g/mol. The van der Waals surface area contributed by atoms with Gasteiger partial charge >= 0.3 is 15.6 Å². The van der Waals surface area contributed by atoms with Gasteiger partial charge in [-0.2, -0.15) is 21.6 Å². The average Bonchev–Trinajstić information content (AvgIpc) is 2.19. The second-order valence-corrected chi connectivity index (χ2v) is 5.68. The molecule has 1 aromatic rings. The summed E-state index contributed by atoms with van der Waals surface area (Å²) in [5.41, 5.74) is -4.51. The van der Waals surface area contributed by atoms with Gasteiger partial charge in [0, 0.05) is 4.43 Å². The van der Waals surface area contributed by atoms with E-state index in [4.69, 9.17) is 0 Å². The van der Waals surface area contributed by atoms with E-state index in [1.165, 1.54) is 24.3 Å². The Balaban J connectivity index is 2.83. The summed E-state index contributed by atoms with van der Waals surface area (Å²) in [5.74, 6) is -0.348. The Labute approximate surface area is 110 Å². The summed E-state index contributed by atoms with van der Waals surface area (Å²) in [7, 11) is -5.58. The van der Waals surface area contributed by atoms with Crippen LogP contribution in [0.2, 0.25) is 0 Å². The van der Waals surface area contributed by atoms with Crippen molar-refractivity contribution in [3.05, 3.63) is 29.8 Å². The van der Waals surface area contributed by atoms with Crippen LogP contribution >= 0.6 is 22.6 Å². The fourth-order valence-corrected chi connectivity index (χ4v) is 2.08. The van der Waals surface area contributed by atoms with Gasteiger partial charge in [-0.25, -0.2) is 0 Å². The number of benzene rings is 1. The Morgan fingerprint density at radius 1 is 1.18 bits per heavy atom. The first-order valence-electron chi connectivity index (χ1n) is 4.42. The van der Waals surface area contributed by atoms with E-state index in [9.17, 15) is 21.6 Å². The van der Waals surface area contributed by atoms with Gasteiger partial charge < -0.3 is 4.18 Å². The molecule has 0 heterocycles. The zero-order valence-electron chi connectivity index (χ0n) is 8.37. The molecule has 0 spiro atoms. The van der Waals surface area contributed by atoms with E-state index >= 15 is 0 Å². The third-order valence-corrected chi connectivity index (χ3v) is 3.31. The molecule has 0 aromatic heterocycles. The van der Waals surface area contributed by atoms with Crippen LogP contribution in [-0.2, 0) is 16.5 Å². The molecule has 0 saturated carbocycles. The van der Waals surface area contributed by atoms with Gasteiger partial charge in [0.05, 0.1) is 0 Å². The molecule has 8 heteroatoms. The molecule has 0 aliphatic carbocycles. The molecule has 96 valence electrons. The molecule has 0 aliphatic rings. The third-order valence-electron chi connectivity index (χ3n) is 1.80. The van der Waals surface area contributed by atoms with E-state index < -0.39 is 15.6 Å². The molecular formula is C9H8F3IO3S. The molecule has 1 rings (SSSR count). The zero-order valence-corrected chi connectivity index (χ0v) is 11.3. The number of hydrogen-bond donors (Lipinski definition) is 0. The van der Waals surface area contributed by atoms with Crippen LogP contribution in [0.3, 0.4) is 0 Å². The maximum absolute atomic E-state index is 12.0. The maximum atomic E-state index is 12.0. The summed E-state index contributed by atoms with van der Waals surface area (Å²) in [4.78, 5) is 0. The smallest absolute Gasteiger partial charge is 0.376 e. The standard InChI is InChI=1S/C9H8F3IO3S/c10-9(11,12)17(14,15)16-8-3-1-7(2-4-8)5-6-13/h1-4H,5-6H2. The second-order valence-electron chi connectivity index (χ2n) is 3.07. The molecule has 0 fully saturated rings. The Morgan fingerprint density at radius 2 is 1.71 bits per heavy atom. The predicted molar refractivity (Wildman–Crippen MR) is 64.6 cm³/mol. The Kier molecular flexibility index (Phi) is 4.64. The number of alkyl halides is 4. The second kappa shape index (κ2) is 5.42. The van der Waals surface area contributed by atoms with E-state index in [0.29, 0.717) is 0 Å². The lowest BCUT2D eigenvalue weighted by Crippen LogP contribution is -2.28. The van der Waals surface area contributed by atoms with Crippen LogP contribution in [0, 0.1) is 0 Å². The fraction of sp³-hybridized carbons (Fsp3) is 0.333. The molecule has 0 radical (unpaired) electrons. The Morgan fingerprint density at radius 3 is 2.12 bits per heavy atom. The molecule has 0 amide bonds. The first kappa shape index (κ1) is 14.6. The average molecular weight is 380 g/mol. The van der Waals surface area contributed by atoms with Crippen molar-refractivity contribution in [1.29, 1.82) is 0 Å². The lowest BCUT2D eigenvalue weighted by atomic mass is 10.2. The number of rotatable bonds is 4. The number of halogens is 4. The minimum atomic E-state index is -5.58. The molecule has 0 unspecified atom stereocenters. The van der Waals surface area contributed by atoms with Crippen LogP contribution in [0.25, 0.3) is 0 Å². The number of hydrogen-bond acceptors (Lipinski definition) is 3. The van der Waals surface area contributed by atoms with Crippen molar-refractivity contribution in [2.24, 2.45) is 0 Å². The minimum absolute atomic E-state index is 0.348. The summed E-state index contributed by atoms with van der Waals surface area (Å²) in [6, 6.07) is 5.45. The van der Waals surface area contributed by atoms with Gasteiger partial charge in [0.1, 0.15) is 5.75 Å². The van der Waals surface area contributed by atoms with Crippen LogP contribution in [-0.4, -0.2) is 18.4 Å². The predicted octanol–water partition coefficient (Wildman–Crippen LogP) is 2.89. The van der Waals surface area contributed by atoms with Gasteiger partial charge in [0.25, 0.3) is 0 Å².